The van der Waals surface area contributed by atoms with E-state index in [1.54, 1.807) is 4.90 Å². The first-order valence-corrected chi connectivity index (χ1v) is 7.00. The summed E-state index contributed by atoms with van der Waals surface area (Å²) in [6.45, 7) is 4.69. The van der Waals surface area contributed by atoms with E-state index in [-0.39, 0.29) is 12.0 Å². The Bertz CT molecular complexity index is 592. The zero-order valence-corrected chi connectivity index (χ0v) is 12.3. The van der Waals surface area contributed by atoms with Crippen molar-refractivity contribution in [2.75, 3.05) is 6.54 Å². The molecule has 1 saturated heterocycles. The predicted octanol–water partition coefficient (Wildman–Crippen LogP) is 2.77. The van der Waals surface area contributed by atoms with E-state index in [2.05, 4.69) is 0 Å². The Morgan fingerprint density at radius 1 is 1.57 bits per heavy atom. The molecule has 2 rings (SSSR count). The Morgan fingerprint density at radius 3 is 2.90 bits per heavy atom. The van der Waals surface area contributed by atoms with Crippen LogP contribution >= 0.6 is 0 Å². The predicted molar refractivity (Wildman–Crippen MR) is 76.0 cm³/mol. The molecule has 112 valence electrons. The number of hydrogen-bond acceptors (Lipinski definition) is 3. The van der Waals surface area contributed by atoms with Crippen molar-refractivity contribution in [1.82, 2.24) is 4.90 Å². The highest BCUT2D eigenvalue weighted by Gasteiger charge is 2.42. The third kappa shape index (κ3) is 3.22. The van der Waals surface area contributed by atoms with Crippen LogP contribution in [0.1, 0.15) is 37.8 Å². The summed E-state index contributed by atoms with van der Waals surface area (Å²) in [7, 11) is 0. The number of carboxylic acids is 1. The van der Waals surface area contributed by atoms with Crippen LogP contribution in [0.25, 0.3) is 0 Å². The molecule has 5 heteroatoms. The summed E-state index contributed by atoms with van der Waals surface area (Å²) in [6, 6.07) is 5.52. The summed E-state index contributed by atoms with van der Waals surface area (Å²) in [4.78, 5) is 13.4. The molecular weight excluding hydrogens is 271 g/mol. The lowest BCUT2D eigenvalue weighted by Crippen LogP contribution is -2.53. The summed E-state index contributed by atoms with van der Waals surface area (Å²) >= 11 is 0. The Kier molecular flexibility index (Phi) is 4.29. The number of likely N-dealkylation sites (tertiary alicyclic amines) is 1. The Hall–Kier alpha value is -1.93. The summed E-state index contributed by atoms with van der Waals surface area (Å²) in [5, 5.41) is 18.4. The van der Waals surface area contributed by atoms with E-state index >= 15 is 0 Å². The number of benzene rings is 1. The van der Waals surface area contributed by atoms with Crippen LogP contribution in [0.2, 0.25) is 0 Å². The first kappa shape index (κ1) is 15.5. The fraction of sp³-hybridized carbons (Fsp3) is 0.500. The van der Waals surface area contributed by atoms with E-state index in [1.807, 2.05) is 19.9 Å². The molecule has 0 bridgehead atoms. The number of halogens is 1. The molecule has 0 spiro atoms. The molecular formula is C16H19FN2O2. The summed E-state index contributed by atoms with van der Waals surface area (Å²) < 4.78 is 13.9. The maximum atomic E-state index is 13.9. The molecule has 1 aliphatic rings. The second-order valence-electron chi connectivity index (χ2n) is 6.22. The van der Waals surface area contributed by atoms with Gasteiger partial charge < -0.3 is 5.11 Å². The third-order valence-corrected chi connectivity index (χ3v) is 4.15. The molecule has 0 aromatic heterocycles. The lowest BCUT2D eigenvalue weighted by Gasteiger charge is -2.44. The maximum absolute atomic E-state index is 13.9. The standard InChI is InChI=1S/C16H19FN2O2/c1-16(2)6-3-7-19(14(16)15(20)21)10-12-8-11(9-18)4-5-13(12)17/h4-5,8,14H,3,6-7,10H2,1-2H3,(H,20,21). The topological polar surface area (TPSA) is 64.3 Å². The van der Waals surface area contributed by atoms with Gasteiger partial charge in [-0.1, -0.05) is 13.8 Å². The normalized spacial score (nSPS) is 21.7. The minimum Gasteiger partial charge on any atom is -0.480 e. The van der Waals surface area contributed by atoms with Crippen LogP contribution in [-0.4, -0.2) is 28.6 Å². The van der Waals surface area contributed by atoms with Crippen molar-refractivity contribution >= 4 is 5.97 Å². The van der Waals surface area contributed by atoms with Crippen LogP contribution in [-0.2, 0) is 11.3 Å². The molecule has 0 saturated carbocycles. The van der Waals surface area contributed by atoms with Crippen molar-refractivity contribution in [3.8, 4) is 6.07 Å². The molecule has 1 aromatic rings. The summed E-state index contributed by atoms with van der Waals surface area (Å²) in [5.41, 5.74) is 0.403. The zero-order chi connectivity index (χ0) is 15.6. The summed E-state index contributed by atoms with van der Waals surface area (Å²) in [6.07, 6.45) is 1.72. The number of carboxylic acid groups (broad SMARTS) is 1. The molecule has 1 unspecified atom stereocenters. The first-order chi connectivity index (χ1) is 9.85. The molecule has 1 heterocycles. The van der Waals surface area contributed by atoms with Gasteiger partial charge in [0.05, 0.1) is 11.6 Å². The minimum atomic E-state index is -0.878. The molecule has 1 fully saturated rings. The van der Waals surface area contributed by atoms with Gasteiger partial charge in [0.2, 0.25) is 0 Å². The van der Waals surface area contributed by atoms with Crippen molar-refractivity contribution in [3.05, 3.63) is 35.1 Å². The molecule has 1 aromatic carbocycles. The van der Waals surface area contributed by atoms with E-state index in [9.17, 15) is 14.3 Å². The molecule has 0 radical (unpaired) electrons. The molecule has 1 atom stereocenters. The van der Waals surface area contributed by atoms with Crippen LogP contribution < -0.4 is 0 Å². The molecule has 21 heavy (non-hydrogen) atoms. The third-order valence-electron chi connectivity index (χ3n) is 4.15. The average Bonchev–Trinajstić information content (AvgIpc) is 2.39. The number of nitriles is 1. The van der Waals surface area contributed by atoms with E-state index in [0.717, 1.165) is 12.8 Å². The van der Waals surface area contributed by atoms with E-state index in [4.69, 9.17) is 5.26 Å². The maximum Gasteiger partial charge on any atom is 0.321 e. The lowest BCUT2D eigenvalue weighted by atomic mass is 9.76. The van der Waals surface area contributed by atoms with Gasteiger partial charge in [0.15, 0.2) is 0 Å². The highest BCUT2D eigenvalue weighted by atomic mass is 19.1. The fourth-order valence-electron chi connectivity index (χ4n) is 3.14. The van der Waals surface area contributed by atoms with Crippen molar-refractivity contribution in [2.45, 2.75) is 39.3 Å². The molecule has 0 amide bonds. The number of rotatable bonds is 3. The summed E-state index contributed by atoms with van der Waals surface area (Å²) in [5.74, 6) is -1.28. The van der Waals surface area contributed by atoms with Gasteiger partial charge in [-0.25, -0.2) is 4.39 Å². The largest absolute Gasteiger partial charge is 0.480 e. The van der Waals surface area contributed by atoms with Crippen LogP contribution in [0.15, 0.2) is 18.2 Å². The Labute approximate surface area is 123 Å². The number of carbonyl (C=O) groups is 1. The fourth-order valence-corrected chi connectivity index (χ4v) is 3.14. The highest BCUT2D eigenvalue weighted by Crippen LogP contribution is 2.36. The minimum absolute atomic E-state index is 0.210. The van der Waals surface area contributed by atoms with Gasteiger partial charge in [0.25, 0.3) is 0 Å². The first-order valence-electron chi connectivity index (χ1n) is 7.00. The van der Waals surface area contributed by atoms with E-state index < -0.39 is 17.8 Å². The van der Waals surface area contributed by atoms with Gasteiger partial charge in [-0.15, -0.1) is 0 Å². The van der Waals surface area contributed by atoms with Gasteiger partial charge in [-0.05, 0) is 43.0 Å². The van der Waals surface area contributed by atoms with Gasteiger partial charge in [0, 0.05) is 12.1 Å². The monoisotopic (exact) mass is 290 g/mol. The number of aliphatic carboxylic acids is 1. The SMILES string of the molecule is CC1(C)CCCN(Cc2cc(C#N)ccc2F)C1C(=O)O. The highest BCUT2D eigenvalue weighted by molar-refractivity contribution is 5.74. The number of piperidine rings is 1. The number of nitrogens with zero attached hydrogens (tertiary/aromatic N) is 2. The Balaban J connectivity index is 2.29. The van der Waals surface area contributed by atoms with Crippen LogP contribution in [0.3, 0.4) is 0 Å². The quantitative estimate of drug-likeness (QED) is 0.929. The van der Waals surface area contributed by atoms with Crippen LogP contribution in [0.5, 0.6) is 0 Å². The molecule has 0 aliphatic carbocycles. The Morgan fingerprint density at radius 2 is 2.29 bits per heavy atom. The molecule has 4 nitrogen and oxygen atoms in total. The second kappa shape index (κ2) is 5.82. The smallest absolute Gasteiger partial charge is 0.321 e. The molecule has 1 N–H and O–H groups in total. The van der Waals surface area contributed by atoms with Crippen molar-refractivity contribution in [1.29, 1.82) is 5.26 Å². The van der Waals surface area contributed by atoms with Crippen molar-refractivity contribution < 1.29 is 14.3 Å². The van der Waals surface area contributed by atoms with E-state index in [1.165, 1.54) is 18.2 Å². The van der Waals surface area contributed by atoms with E-state index in [0.29, 0.717) is 17.7 Å². The van der Waals surface area contributed by atoms with Crippen molar-refractivity contribution in [3.63, 3.8) is 0 Å². The van der Waals surface area contributed by atoms with Crippen molar-refractivity contribution in [2.24, 2.45) is 5.41 Å². The number of hydrogen-bond donors (Lipinski definition) is 1. The average molecular weight is 290 g/mol. The van der Waals surface area contributed by atoms with Crippen LogP contribution in [0.4, 0.5) is 4.39 Å². The van der Waals surface area contributed by atoms with Crippen LogP contribution in [0, 0.1) is 22.6 Å². The van der Waals surface area contributed by atoms with Gasteiger partial charge >= 0.3 is 5.97 Å². The second-order valence-corrected chi connectivity index (χ2v) is 6.22. The van der Waals surface area contributed by atoms with Gasteiger partial charge in [-0.2, -0.15) is 5.26 Å². The van der Waals surface area contributed by atoms with Gasteiger partial charge in [-0.3, -0.25) is 9.69 Å². The zero-order valence-electron chi connectivity index (χ0n) is 12.3. The van der Waals surface area contributed by atoms with Gasteiger partial charge in [0.1, 0.15) is 11.9 Å². The lowest BCUT2D eigenvalue weighted by molar-refractivity contribution is -0.151. The molecule has 1 aliphatic heterocycles.